The molecule has 0 bridgehead atoms. The minimum atomic E-state index is -4.46. The van der Waals surface area contributed by atoms with E-state index in [0.29, 0.717) is 11.4 Å². The average molecular weight is 291 g/mol. The second-order valence-corrected chi connectivity index (χ2v) is 4.18. The molecule has 9 heteroatoms. The van der Waals surface area contributed by atoms with Crippen LogP contribution in [0.2, 0.25) is 0 Å². The number of nitrogens with zero attached hydrogens (tertiary/aromatic N) is 4. The van der Waals surface area contributed by atoms with Crippen molar-refractivity contribution in [2.45, 2.75) is 19.3 Å². The SMILES string of the molecule is Cn1nc(C(F)(F)F)cc1CNc1cnn(CCF)c1. The van der Waals surface area contributed by atoms with Crippen LogP contribution in [-0.4, -0.2) is 26.2 Å². The fraction of sp³-hybridized carbons (Fsp3) is 0.455. The van der Waals surface area contributed by atoms with E-state index in [-0.39, 0.29) is 13.1 Å². The van der Waals surface area contributed by atoms with Gasteiger partial charge in [0.1, 0.15) is 6.67 Å². The van der Waals surface area contributed by atoms with E-state index in [0.717, 1.165) is 6.07 Å². The summed E-state index contributed by atoms with van der Waals surface area (Å²) in [6, 6.07) is 0.985. The number of anilines is 1. The molecule has 2 rings (SSSR count). The highest BCUT2D eigenvalue weighted by molar-refractivity contribution is 5.38. The van der Waals surface area contributed by atoms with Crippen LogP contribution in [0.15, 0.2) is 18.5 Å². The number of halogens is 4. The van der Waals surface area contributed by atoms with E-state index in [2.05, 4.69) is 15.5 Å². The number of aryl methyl sites for hydroxylation is 2. The van der Waals surface area contributed by atoms with Crippen LogP contribution in [0.5, 0.6) is 0 Å². The van der Waals surface area contributed by atoms with Crippen LogP contribution < -0.4 is 5.32 Å². The molecule has 2 aromatic rings. The fourth-order valence-corrected chi connectivity index (χ4v) is 1.67. The number of rotatable bonds is 5. The Kier molecular flexibility index (Phi) is 3.96. The first-order valence-corrected chi connectivity index (χ1v) is 5.82. The van der Waals surface area contributed by atoms with Gasteiger partial charge in [0.2, 0.25) is 0 Å². The predicted molar refractivity (Wildman–Crippen MR) is 63.7 cm³/mol. The molecule has 0 aliphatic rings. The van der Waals surface area contributed by atoms with Gasteiger partial charge in [0.25, 0.3) is 0 Å². The van der Waals surface area contributed by atoms with Crippen LogP contribution in [0.1, 0.15) is 11.4 Å². The summed E-state index contributed by atoms with van der Waals surface area (Å²) in [4.78, 5) is 0. The molecule has 0 radical (unpaired) electrons. The second kappa shape index (κ2) is 5.51. The van der Waals surface area contributed by atoms with Gasteiger partial charge in [-0.05, 0) is 6.07 Å². The third-order valence-electron chi connectivity index (χ3n) is 2.69. The lowest BCUT2D eigenvalue weighted by Crippen LogP contribution is -2.07. The molecule has 0 fully saturated rings. The summed E-state index contributed by atoms with van der Waals surface area (Å²) in [7, 11) is 1.44. The van der Waals surface area contributed by atoms with E-state index in [1.165, 1.54) is 22.6 Å². The summed E-state index contributed by atoms with van der Waals surface area (Å²) in [5.74, 6) is 0. The highest BCUT2D eigenvalue weighted by Gasteiger charge is 2.34. The fourth-order valence-electron chi connectivity index (χ4n) is 1.67. The molecule has 1 N–H and O–H groups in total. The number of aromatic nitrogens is 4. The maximum Gasteiger partial charge on any atom is 0.435 e. The Morgan fingerprint density at radius 1 is 1.35 bits per heavy atom. The van der Waals surface area contributed by atoms with E-state index in [1.807, 2.05) is 0 Å². The lowest BCUT2D eigenvalue weighted by molar-refractivity contribution is -0.141. The van der Waals surface area contributed by atoms with Crippen molar-refractivity contribution in [1.29, 1.82) is 0 Å². The molecule has 0 aromatic carbocycles. The lowest BCUT2D eigenvalue weighted by atomic mass is 10.3. The standard InChI is InChI=1S/C11H13F4N5/c1-19-9(4-10(18-19)11(13,14)15)6-16-8-5-17-20(7-8)3-2-12/h4-5,7,16H,2-3,6H2,1H3. The summed E-state index contributed by atoms with van der Waals surface area (Å²) in [6.45, 7) is -0.218. The molecule has 0 amide bonds. The quantitative estimate of drug-likeness (QED) is 0.859. The zero-order valence-electron chi connectivity index (χ0n) is 10.7. The van der Waals surface area contributed by atoms with E-state index < -0.39 is 18.5 Å². The van der Waals surface area contributed by atoms with Crippen molar-refractivity contribution in [2.24, 2.45) is 7.05 Å². The topological polar surface area (TPSA) is 47.7 Å². The summed E-state index contributed by atoms with van der Waals surface area (Å²) < 4.78 is 52.1. The molecule has 0 saturated heterocycles. The highest BCUT2D eigenvalue weighted by Crippen LogP contribution is 2.28. The second-order valence-electron chi connectivity index (χ2n) is 4.18. The van der Waals surface area contributed by atoms with E-state index >= 15 is 0 Å². The summed E-state index contributed by atoms with van der Waals surface area (Å²) >= 11 is 0. The van der Waals surface area contributed by atoms with Crippen molar-refractivity contribution in [3.05, 3.63) is 29.8 Å². The lowest BCUT2D eigenvalue weighted by Gasteiger charge is -2.03. The molecule has 0 aliphatic carbocycles. The molecule has 0 aliphatic heterocycles. The van der Waals surface area contributed by atoms with Crippen LogP contribution in [0.3, 0.4) is 0 Å². The van der Waals surface area contributed by atoms with Crippen LogP contribution in [0.25, 0.3) is 0 Å². The maximum absolute atomic E-state index is 12.5. The van der Waals surface area contributed by atoms with Gasteiger partial charge >= 0.3 is 6.18 Å². The number of hydrogen-bond acceptors (Lipinski definition) is 3. The normalized spacial score (nSPS) is 11.8. The first-order chi connectivity index (χ1) is 9.40. The van der Waals surface area contributed by atoms with Crippen LogP contribution in [0, 0.1) is 0 Å². The van der Waals surface area contributed by atoms with Gasteiger partial charge in [0.05, 0.1) is 30.7 Å². The van der Waals surface area contributed by atoms with Crippen molar-refractivity contribution in [2.75, 3.05) is 12.0 Å². The van der Waals surface area contributed by atoms with Crippen molar-refractivity contribution in [3.63, 3.8) is 0 Å². The first-order valence-electron chi connectivity index (χ1n) is 5.82. The first kappa shape index (κ1) is 14.4. The van der Waals surface area contributed by atoms with Gasteiger partial charge in [-0.3, -0.25) is 9.36 Å². The van der Waals surface area contributed by atoms with Gasteiger partial charge in [-0.25, -0.2) is 4.39 Å². The molecular weight excluding hydrogens is 278 g/mol. The Labute approximate surface area is 112 Å². The number of alkyl halides is 4. The third-order valence-corrected chi connectivity index (χ3v) is 2.69. The Hall–Kier alpha value is -2.06. The Bertz CT molecular complexity index is 572. The van der Waals surface area contributed by atoms with Crippen molar-refractivity contribution >= 4 is 5.69 Å². The molecule has 0 atom stereocenters. The minimum Gasteiger partial charge on any atom is -0.377 e. The van der Waals surface area contributed by atoms with Crippen molar-refractivity contribution in [3.8, 4) is 0 Å². The molecule has 2 heterocycles. The predicted octanol–water partition coefficient (Wildman–Crippen LogP) is 2.22. The molecule has 2 aromatic heterocycles. The molecular formula is C11H13F4N5. The van der Waals surface area contributed by atoms with Gasteiger partial charge in [-0.1, -0.05) is 0 Å². The Balaban J connectivity index is 2.01. The Morgan fingerprint density at radius 2 is 2.10 bits per heavy atom. The zero-order valence-corrected chi connectivity index (χ0v) is 10.7. The number of nitrogens with one attached hydrogen (secondary N) is 1. The molecule has 20 heavy (non-hydrogen) atoms. The van der Waals surface area contributed by atoms with Crippen LogP contribution in [0.4, 0.5) is 23.2 Å². The highest BCUT2D eigenvalue weighted by atomic mass is 19.4. The molecule has 110 valence electrons. The largest absolute Gasteiger partial charge is 0.435 e. The van der Waals surface area contributed by atoms with Gasteiger partial charge in [-0.15, -0.1) is 0 Å². The van der Waals surface area contributed by atoms with E-state index in [1.54, 1.807) is 6.20 Å². The van der Waals surface area contributed by atoms with E-state index in [9.17, 15) is 17.6 Å². The third kappa shape index (κ3) is 3.28. The molecule has 0 saturated carbocycles. The molecule has 0 unspecified atom stereocenters. The van der Waals surface area contributed by atoms with Crippen molar-refractivity contribution in [1.82, 2.24) is 19.6 Å². The minimum absolute atomic E-state index is 0.144. The summed E-state index contributed by atoms with van der Waals surface area (Å²) in [6.07, 6.45) is -1.39. The van der Waals surface area contributed by atoms with Crippen molar-refractivity contribution < 1.29 is 17.6 Å². The smallest absolute Gasteiger partial charge is 0.377 e. The van der Waals surface area contributed by atoms with E-state index in [4.69, 9.17) is 0 Å². The van der Waals surface area contributed by atoms with Gasteiger partial charge in [0.15, 0.2) is 5.69 Å². The van der Waals surface area contributed by atoms with Crippen LogP contribution in [-0.2, 0) is 26.3 Å². The van der Waals surface area contributed by atoms with Gasteiger partial charge < -0.3 is 5.32 Å². The van der Waals surface area contributed by atoms with Gasteiger partial charge in [0, 0.05) is 13.2 Å². The summed E-state index contributed by atoms with van der Waals surface area (Å²) in [5, 5.41) is 10.2. The number of hydrogen-bond donors (Lipinski definition) is 1. The molecule has 5 nitrogen and oxygen atoms in total. The average Bonchev–Trinajstić information content (AvgIpc) is 2.93. The monoisotopic (exact) mass is 291 g/mol. The zero-order chi connectivity index (χ0) is 14.8. The Morgan fingerprint density at radius 3 is 2.70 bits per heavy atom. The van der Waals surface area contributed by atoms with Crippen LogP contribution >= 0.6 is 0 Å². The summed E-state index contributed by atoms with van der Waals surface area (Å²) in [5.41, 5.74) is 0.0636. The maximum atomic E-state index is 12.5. The van der Waals surface area contributed by atoms with Gasteiger partial charge in [-0.2, -0.15) is 23.4 Å². The molecule has 0 spiro atoms.